The number of hydrogen-bond donors (Lipinski definition) is 1. The van der Waals surface area contributed by atoms with Crippen LogP contribution < -0.4 is 9.64 Å². The molecule has 0 radical (unpaired) electrons. The van der Waals surface area contributed by atoms with Crippen molar-refractivity contribution in [3.05, 3.63) is 48.7 Å². The van der Waals surface area contributed by atoms with Crippen LogP contribution in [-0.4, -0.2) is 24.5 Å². The molecule has 1 heterocycles. The molecule has 88 valence electrons. The van der Waals surface area contributed by atoms with Crippen molar-refractivity contribution in [3.63, 3.8) is 0 Å². The standard InChI is InChI=1S/C13H14N2O2/c1-15(11-6-3-2-4-7-11)13(16)10-17-12-8-5-9-14-12/h2-9,14H,10H2,1H3. The Bertz CT molecular complexity index is 465. The molecule has 1 amide bonds. The molecule has 0 atom stereocenters. The van der Waals surface area contributed by atoms with Gasteiger partial charge in [0.1, 0.15) is 0 Å². The van der Waals surface area contributed by atoms with E-state index in [1.165, 1.54) is 0 Å². The van der Waals surface area contributed by atoms with Crippen molar-refractivity contribution in [3.8, 4) is 5.88 Å². The lowest BCUT2D eigenvalue weighted by molar-refractivity contribution is -0.120. The van der Waals surface area contributed by atoms with Crippen LogP contribution in [0.2, 0.25) is 0 Å². The molecule has 0 spiro atoms. The highest BCUT2D eigenvalue weighted by molar-refractivity contribution is 5.93. The van der Waals surface area contributed by atoms with Gasteiger partial charge in [0, 0.05) is 18.9 Å². The summed E-state index contributed by atoms with van der Waals surface area (Å²) < 4.78 is 5.30. The third kappa shape index (κ3) is 2.87. The summed E-state index contributed by atoms with van der Waals surface area (Å²) >= 11 is 0. The largest absolute Gasteiger partial charge is 0.469 e. The smallest absolute Gasteiger partial charge is 0.264 e. The van der Waals surface area contributed by atoms with Crippen LogP contribution >= 0.6 is 0 Å². The van der Waals surface area contributed by atoms with E-state index in [2.05, 4.69) is 4.98 Å². The topological polar surface area (TPSA) is 45.3 Å². The lowest BCUT2D eigenvalue weighted by Gasteiger charge is -2.17. The molecule has 0 bridgehead atoms. The van der Waals surface area contributed by atoms with E-state index in [0.717, 1.165) is 5.69 Å². The van der Waals surface area contributed by atoms with Gasteiger partial charge in [0.25, 0.3) is 5.91 Å². The molecule has 1 N–H and O–H groups in total. The van der Waals surface area contributed by atoms with E-state index in [9.17, 15) is 4.79 Å². The summed E-state index contributed by atoms with van der Waals surface area (Å²) in [6, 6.07) is 13.1. The summed E-state index contributed by atoms with van der Waals surface area (Å²) in [5, 5.41) is 0. The van der Waals surface area contributed by atoms with Crippen molar-refractivity contribution in [2.45, 2.75) is 0 Å². The van der Waals surface area contributed by atoms with Crippen molar-refractivity contribution in [2.75, 3.05) is 18.6 Å². The van der Waals surface area contributed by atoms with Gasteiger partial charge in [-0.25, -0.2) is 0 Å². The van der Waals surface area contributed by atoms with E-state index in [0.29, 0.717) is 5.88 Å². The number of carbonyl (C=O) groups is 1. The molecule has 4 heteroatoms. The van der Waals surface area contributed by atoms with Crippen molar-refractivity contribution < 1.29 is 9.53 Å². The van der Waals surface area contributed by atoms with Crippen molar-refractivity contribution in [2.24, 2.45) is 0 Å². The first-order chi connectivity index (χ1) is 8.27. The highest BCUT2D eigenvalue weighted by Crippen LogP contribution is 2.11. The first-order valence-corrected chi connectivity index (χ1v) is 5.35. The molecular weight excluding hydrogens is 216 g/mol. The Hall–Kier alpha value is -2.23. The predicted molar refractivity (Wildman–Crippen MR) is 66.1 cm³/mol. The Morgan fingerprint density at radius 2 is 2.00 bits per heavy atom. The zero-order chi connectivity index (χ0) is 12.1. The number of nitrogens with one attached hydrogen (secondary N) is 1. The summed E-state index contributed by atoms with van der Waals surface area (Å²) in [5.74, 6) is 0.505. The first-order valence-electron chi connectivity index (χ1n) is 5.35. The van der Waals surface area contributed by atoms with Gasteiger partial charge >= 0.3 is 0 Å². The van der Waals surface area contributed by atoms with Crippen LogP contribution in [0.3, 0.4) is 0 Å². The Labute approximate surface area is 99.8 Å². The van der Waals surface area contributed by atoms with Crippen LogP contribution in [0.4, 0.5) is 5.69 Å². The van der Waals surface area contributed by atoms with E-state index in [-0.39, 0.29) is 12.5 Å². The van der Waals surface area contributed by atoms with E-state index in [1.54, 1.807) is 24.2 Å². The zero-order valence-corrected chi connectivity index (χ0v) is 9.59. The maximum absolute atomic E-state index is 11.8. The second kappa shape index (κ2) is 5.21. The van der Waals surface area contributed by atoms with E-state index >= 15 is 0 Å². The fourth-order valence-electron chi connectivity index (χ4n) is 1.44. The van der Waals surface area contributed by atoms with Gasteiger partial charge < -0.3 is 14.6 Å². The van der Waals surface area contributed by atoms with Gasteiger partial charge in [-0.3, -0.25) is 4.79 Å². The van der Waals surface area contributed by atoms with Crippen molar-refractivity contribution in [1.82, 2.24) is 4.98 Å². The van der Waals surface area contributed by atoms with E-state index < -0.39 is 0 Å². The number of anilines is 1. The second-order valence-electron chi connectivity index (χ2n) is 3.61. The molecule has 2 rings (SSSR count). The second-order valence-corrected chi connectivity index (χ2v) is 3.61. The van der Waals surface area contributed by atoms with Crippen LogP contribution in [-0.2, 0) is 4.79 Å². The minimum absolute atomic E-state index is 0.0197. The molecular formula is C13H14N2O2. The number of aromatic nitrogens is 1. The molecule has 0 saturated heterocycles. The number of carbonyl (C=O) groups excluding carboxylic acids is 1. The van der Waals surface area contributed by atoms with Gasteiger partial charge in [0.15, 0.2) is 12.5 Å². The number of ether oxygens (including phenoxy) is 1. The van der Waals surface area contributed by atoms with E-state index in [4.69, 9.17) is 4.74 Å². The minimum atomic E-state index is -0.0919. The third-order valence-electron chi connectivity index (χ3n) is 2.44. The van der Waals surface area contributed by atoms with Gasteiger partial charge in [-0.2, -0.15) is 0 Å². The molecule has 0 fully saturated rings. The fourth-order valence-corrected chi connectivity index (χ4v) is 1.44. The fraction of sp³-hybridized carbons (Fsp3) is 0.154. The number of aromatic amines is 1. The number of H-pyrrole nitrogens is 1. The zero-order valence-electron chi connectivity index (χ0n) is 9.59. The molecule has 0 unspecified atom stereocenters. The summed E-state index contributed by atoms with van der Waals surface area (Å²) in [4.78, 5) is 16.3. The van der Waals surface area contributed by atoms with Gasteiger partial charge in [0.2, 0.25) is 0 Å². The van der Waals surface area contributed by atoms with E-state index in [1.807, 2.05) is 36.4 Å². The number of benzene rings is 1. The van der Waals surface area contributed by atoms with Crippen molar-refractivity contribution >= 4 is 11.6 Å². The summed E-state index contributed by atoms with van der Waals surface area (Å²) in [7, 11) is 1.73. The van der Waals surface area contributed by atoms with Crippen LogP contribution in [0.1, 0.15) is 0 Å². The van der Waals surface area contributed by atoms with Crippen molar-refractivity contribution in [1.29, 1.82) is 0 Å². The maximum atomic E-state index is 11.8. The lowest BCUT2D eigenvalue weighted by Crippen LogP contribution is -2.31. The SMILES string of the molecule is CN(C(=O)COc1ccc[nH]1)c1ccccc1. The van der Waals surface area contributed by atoms with Gasteiger partial charge in [-0.05, 0) is 24.3 Å². The molecule has 2 aromatic rings. The Morgan fingerprint density at radius 1 is 1.24 bits per heavy atom. The summed E-state index contributed by atoms with van der Waals surface area (Å²) in [6.07, 6.45) is 1.75. The highest BCUT2D eigenvalue weighted by atomic mass is 16.5. The molecule has 1 aromatic carbocycles. The number of hydrogen-bond acceptors (Lipinski definition) is 2. The first kappa shape index (κ1) is 11.3. The van der Waals surface area contributed by atoms with Crippen LogP contribution in [0.15, 0.2) is 48.7 Å². The molecule has 0 aliphatic heterocycles. The summed E-state index contributed by atoms with van der Waals surface area (Å²) in [6.45, 7) is 0.0197. The Balaban J connectivity index is 1.92. The quantitative estimate of drug-likeness (QED) is 0.873. The minimum Gasteiger partial charge on any atom is -0.469 e. The number of rotatable bonds is 4. The molecule has 4 nitrogen and oxygen atoms in total. The van der Waals surface area contributed by atoms with Gasteiger partial charge in [-0.15, -0.1) is 0 Å². The van der Waals surface area contributed by atoms with Crippen LogP contribution in [0.25, 0.3) is 0 Å². The lowest BCUT2D eigenvalue weighted by atomic mass is 10.3. The van der Waals surface area contributed by atoms with Gasteiger partial charge in [-0.1, -0.05) is 18.2 Å². The summed E-state index contributed by atoms with van der Waals surface area (Å²) in [5.41, 5.74) is 0.854. The number of likely N-dealkylation sites (N-methyl/N-ethyl adjacent to an activating group) is 1. The normalized spacial score (nSPS) is 9.94. The third-order valence-corrected chi connectivity index (χ3v) is 2.44. The molecule has 1 aromatic heterocycles. The predicted octanol–water partition coefficient (Wildman–Crippen LogP) is 2.06. The number of nitrogens with zero attached hydrogens (tertiary/aromatic N) is 1. The highest BCUT2D eigenvalue weighted by Gasteiger charge is 2.11. The van der Waals surface area contributed by atoms with Crippen LogP contribution in [0, 0.1) is 0 Å². The number of amides is 1. The molecule has 17 heavy (non-hydrogen) atoms. The average molecular weight is 230 g/mol. The maximum Gasteiger partial charge on any atom is 0.264 e. The molecule has 0 saturated carbocycles. The molecule has 0 aliphatic carbocycles. The van der Waals surface area contributed by atoms with Gasteiger partial charge in [0.05, 0.1) is 0 Å². The average Bonchev–Trinajstić information content (AvgIpc) is 2.89. The Morgan fingerprint density at radius 3 is 2.65 bits per heavy atom. The van der Waals surface area contributed by atoms with Crippen LogP contribution in [0.5, 0.6) is 5.88 Å². The number of para-hydroxylation sites is 1. The monoisotopic (exact) mass is 230 g/mol. The molecule has 0 aliphatic rings. The Kier molecular flexibility index (Phi) is 3.45.